The highest BCUT2D eigenvalue weighted by Crippen LogP contribution is 2.13. The van der Waals surface area contributed by atoms with Crippen molar-refractivity contribution in [1.82, 2.24) is 10.0 Å². The Morgan fingerprint density at radius 3 is 2.09 bits per heavy atom. The summed E-state index contributed by atoms with van der Waals surface area (Å²) in [4.78, 5) is 25.8. The number of sulfonamides is 1. The first-order valence-corrected chi connectivity index (χ1v) is 11.4. The van der Waals surface area contributed by atoms with Crippen molar-refractivity contribution in [3.05, 3.63) is 101 Å². The summed E-state index contributed by atoms with van der Waals surface area (Å²) >= 11 is 0. The minimum atomic E-state index is -3.57. The number of amides is 1. The molecule has 3 rings (SSSR count). The number of nitrogens with one attached hydrogen (secondary N) is 2. The van der Waals surface area contributed by atoms with Crippen LogP contribution < -0.4 is 10.0 Å². The zero-order valence-electron chi connectivity index (χ0n) is 17.4. The molecule has 0 radical (unpaired) electrons. The molecule has 0 spiro atoms. The lowest BCUT2D eigenvalue weighted by Crippen LogP contribution is -2.43. The molecule has 2 N–H and O–H groups in total. The van der Waals surface area contributed by atoms with Crippen molar-refractivity contribution < 1.29 is 22.4 Å². The van der Waals surface area contributed by atoms with Gasteiger partial charge in [-0.1, -0.05) is 42.5 Å². The number of Topliss-reactive ketones (excluding diaryl/α,β-unsaturated/α-hetero) is 1. The average molecular weight is 455 g/mol. The lowest BCUT2D eigenvalue weighted by atomic mass is 9.97. The molecule has 0 aromatic heterocycles. The highest BCUT2D eigenvalue weighted by atomic mass is 32.2. The maximum atomic E-state index is 13.2. The topological polar surface area (TPSA) is 92.3 Å². The van der Waals surface area contributed by atoms with Gasteiger partial charge in [0.2, 0.25) is 10.0 Å². The Bertz CT molecular complexity index is 1180. The first-order chi connectivity index (χ1) is 15.3. The van der Waals surface area contributed by atoms with Gasteiger partial charge in [0.1, 0.15) is 5.82 Å². The Morgan fingerprint density at radius 1 is 0.875 bits per heavy atom. The predicted molar refractivity (Wildman–Crippen MR) is 119 cm³/mol. The number of hydrogen-bond acceptors (Lipinski definition) is 4. The molecule has 0 bridgehead atoms. The highest BCUT2D eigenvalue weighted by molar-refractivity contribution is 7.89. The smallest absolute Gasteiger partial charge is 0.251 e. The maximum Gasteiger partial charge on any atom is 0.251 e. The molecule has 0 heterocycles. The third-order valence-electron chi connectivity index (χ3n) is 4.96. The molecule has 3 aromatic carbocycles. The van der Waals surface area contributed by atoms with Gasteiger partial charge in [0.15, 0.2) is 5.78 Å². The van der Waals surface area contributed by atoms with Crippen LogP contribution in [-0.4, -0.2) is 33.2 Å². The summed E-state index contributed by atoms with van der Waals surface area (Å²) in [6, 6.07) is 19.6. The van der Waals surface area contributed by atoms with E-state index in [-0.39, 0.29) is 22.7 Å². The number of carbonyl (C=O) groups excluding carboxylic acids is 2. The van der Waals surface area contributed by atoms with Gasteiger partial charge in [0, 0.05) is 12.0 Å². The molecule has 0 aliphatic rings. The van der Waals surface area contributed by atoms with Crippen LogP contribution in [0.3, 0.4) is 0 Å². The van der Waals surface area contributed by atoms with Crippen LogP contribution in [-0.2, 0) is 27.7 Å². The van der Waals surface area contributed by atoms with E-state index in [1.807, 2.05) is 30.3 Å². The van der Waals surface area contributed by atoms with Gasteiger partial charge in [-0.05, 0) is 61.0 Å². The van der Waals surface area contributed by atoms with Crippen molar-refractivity contribution >= 4 is 21.7 Å². The number of halogens is 1. The fourth-order valence-corrected chi connectivity index (χ4v) is 3.90. The lowest BCUT2D eigenvalue weighted by Gasteiger charge is -2.18. The van der Waals surface area contributed by atoms with Crippen molar-refractivity contribution in [3.8, 4) is 0 Å². The van der Waals surface area contributed by atoms with E-state index < -0.39 is 27.8 Å². The summed E-state index contributed by atoms with van der Waals surface area (Å²) in [6.07, 6.45) is 0.305. The molecule has 166 valence electrons. The zero-order chi connectivity index (χ0) is 23.1. The third kappa shape index (κ3) is 6.09. The van der Waals surface area contributed by atoms with E-state index in [9.17, 15) is 22.4 Å². The van der Waals surface area contributed by atoms with Crippen LogP contribution in [0.15, 0.2) is 83.8 Å². The van der Waals surface area contributed by atoms with E-state index in [2.05, 4.69) is 10.0 Å². The van der Waals surface area contributed by atoms with Gasteiger partial charge in [-0.15, -0.1) is 0 Å². The fourth-order valence-electron chi connectivity index (χ4n) is 3.17. The normalized spacial score (nSPS) is 12.2. The minimum absolute atomic E-state index is 0.0150. The quantitative estimate of drug-likeness (QED) is 0.520. The summed E-state index contributed by atoms with van der Waals surface area (Å²) in [7, 11) is -2.24. The number of ketones is 1. The van der Waals surface area contributed by atoms with Gasteiger partial charge in [-0.3, -0.25) is 9.59 Å². The molecule has 0 aliphatic carbocycles. The molecule has 0 unspecified atom stereocenters. The van der Waals surface area contributed by atoms with Gasteiger partial charge in [0.05, 0.1) is 10.9 Å². The molecule has 0 saturated carbocycles. The average Bonchev–Trinajstić information content (AvgIpc) is 2.80. The predicted octanol–water partition coefficient (Wildman–Crippen LogP) is 2.89. The summed E-state index contributed by atoms with van der Waals surface area (Å²) < 4.78 is 39.2. The van der Waals surface area contributed by atoms with Crippen LogP contribution in [0.4, 0.5) is 4.39 Å². The van der Waals surface area contributed by atoms with E-state index in [1.165, 1.54) is 43.4 Å². The van der Waals surface area contributed by atoms with E-state index in [4.69, 9.17) is 0 Å². The van der Waals surface area contributed by atoms with Crippen molar-refractivity contribution in [3.63, 3.8) is 0 Å². The van der Waals surface area contributed by atoms with Gasteiger partial charge in [0.25, 0.3) is 5.91 Å². The van der Waals surface area contributed by atoms with Crippen LogP contribution in [0, 0.1) is 5.82 Å². The van der Waals surface area contributed by atoms with Crippen molar-refractivity contribution in [1.29, 1.82) is 0 Å². The Labute approximate surface area is 186 Å². The van der Waals surface area contributed by atoms with E-state index in [1.54, 1.807) is 12.1 Å². The van der Waals surface area contributed by atoms with E-state index in [0.717, 1.165) is 5.56 Å². The third-order valence-corrected chi connectivity index (χ3v) is 6.39. The molecule has 3 aromatic rings. The molecule has 0 fully saturated rings. The molecule has 8 heteroatoms. The summed E-state index contributed by atoms with van der Waals surface area (Å²) in [5, 5.41) is 2.75. The van der Waals surface area contributed by atoms with Gasteiger partial charge in [-0.2, -0.15) is 0 Å². The standard InChI is InChI=1S/C24H23FN2O4S/c1-26-32(30,31)21-13-7-18(8-14-21)16-23(28)22(15-17-5-3-2-4-6-17)27-24(29)19-9-11-20(25)12-10-19/h2-14,22,26H,15-16H2,1H3,(H,27,29)/t22-/m0/s1. The molecule has 0 aliphatic heterocycles. The van der Waals surface area contributed by atoms with Crippen molar-refractivity contribution in [2.45, 2.75) is 23.8 Å². The molecule has 32 heavy (non-hydrogen) atoms. The summed E-state index contributed by atoms with van der Waals surface area (Å²) in [5.74, 6) is -1.16. The Morgan fingerprint density at radius 2 is 1.50 bits per heavy atom. The van der Waals surface area contributed by atoms with E-state index in [0.29, 0.717) is 12.0 Å². The number of rotatable bonds is 9. The SMILES string of the molecule is CNS(=O)(=O)c1ccc(CC(=O)[C@H](Cc2ccccc2)NC(=O)c2ccc(F)cc2)cc1. The molecule has 0 saturated heterocycles. The number of hydrogen-bond donors (Lipinski definition) is 2. The second-order valence-electron chi connectivity index (χ2n) is 7.22. The minimum Gasteiger partial charge on any atom is -0.342 e. The van der Waals surface area contributed by atoms with Crippen molar-refractivity contribution in [2.75, 3.05) is 7.05 Å². The second-order valence-corrected chi connectivity index (χ2v) is 9.10. The maximum absolute atomic E-state index is 13.2. The zero-order valence-corrected chi connectivity index (χ0v) is 18.2. The Hall–Kier alpha value is -3.36. The number of carbonyl (C=O) groups is 2. The fraction of sp³-hybridized carbons (Fsp3) is 0.167. The summed E-state index contributed by atoms with van der Waals surface area (Å²) in [6.45, 7) is 0. The van der Waals surface area contributed by atoms with Crippen LogP contribution >= 0.6 is 0 Å². The van der Waals surface area contributed by atoms with Crippen LogP contribution in [0.25, 0.3) is 0 Å². The van der Waals surface area contributed by atoms with Gasteiger partial charge >= 0.3 is 0 Å². The molecule has 1 amide bonds. The summed E-state index contributed by atoms with van der Waals surface area (Å²) in [5.41, 5.74) is 1.75. The molecular formula is C24H23FN2O4S. The van der Waals surface area contributed by atoms with E-state index >= 15 is 0 Å². The lowest BCUT2D eigenvalue weighted by molar-refractivity contribution is -0.120. The first kappa shape index (κ1) is 23.3. The highest BCUT2D eigenvalue weighted by Gasteiger charge is 2.22. The van der Waals surface area contributed by atoms with Crippen molar-refractivity contribution in [2.24, 2.45) is 0 Å². The largest absolute Gasteiger partial charge is 0.342 e. The van der Waals surface area contributed by atoms with Gasteiger partial charge in [-0.25, -0.2) is 17.5 Å². The Balaban J connectivity index is 1.78. The van der Waals surface area contributed by atoms with Crippen LogP contribution in [0.1, 0.15) is 21.5 Å². The second kappa shape index (κ2) is 10.3. The van der Waals surface area contributed by atoms with Crippen LogP contribution in [0.5, 0.6) is 0 Å². The first-order valence-electron chi connectivity index (χ1n) is 9.94. The molecule has 6 nitrogen and oxygen atoms in total. The molecular weight excluding hydrogens is 431 g/mol. The number of benzene rings is 3. The Kier molecular flexibility index (Phi) is 7.50. The van der Waals surface area contributed by atoms with Crippen LogP contribution in [0.2, 0.25) is 0 Å². The van der Waals surface area contributed by atoms with Gasteiger partial charge < -0.3 is 5.32 Å². The monoisotopic (exact) mass is 454 g/mol. The molecule has 1 atom stereocenters.